The summed E-state index contributed by atoms with van der Waals surface area (Å²) in [4.78, 5) is 93.0. The van der Waals surface area contributed by atoms with Crippen LogP contribution in [0.3, 0.4) is 0 Å². The van der Waals surface area contributed by atoms with Crippen LogP contribution in [0.2, 0.25) is 0 Å². The Morgan fingerprint density at radius 2 is 1.69 bits per heavy atom. The normalized spacial score (nSPS) is 17.1. The number of hydrogen-bond acceptors (Lipinski definition) is 9. The van der Waals surface area contributed by atoms with Crippen molar-refractivity contribution in [1.82, 2.24) is 20.9 Å². The summed E-state index contributed by atoms with van der Waals surface area (Å²) in [5.74, 6) is -7.26. The predicted molar refractivity (Wildman–Crippen MR) is 174 cm³/mol. The van der Waals surface area contributed by atoms with Crippen molar-refractivity contribution in [3.05, 3.63) is 35.9 Å². The first-order chi connectivity index (χ1) is 22.6. The van der Waals surface area contributed by atoms with Crippen LogP contribution >= 0.6 is 0 Å². The molecule has 1 heterocycles. The summed E-state index contributed by atoms with van der Waals surface area (Å²) in [6.45, 7) is 5.01. The van der Waals surface area contributed by atoms with Crippen molar-refractivity contribution in [2.75, 3.05) is 13.1 Å². The maximum absolute atomic E-state index is 13.3. The van der Waals surface area contributed by atoms with Crippen molar-refractivity contribution in [2.45, 2.75) is 89.9 Å². The van der Waals surface area contributed by atoms with Gasteiger partial charge >= 0.3 is 11.9 Å². The van der Waals surface area contributed by atoms with Crippen molar-refractivity contribution < 1.29 is 43.8 Å². The van der Waals surface area contributed by atoms with Gasteiger partial charge in [0.2, 0.25) is 23.6 Å². The Balaban J connectivity index is 2.07. The molecule has 48 heavy (non-hydrogen) atoms. The largest absolute Gasteiger partial charge is 0.481 e. The SMILES string of the molecule is CC(=O)NC(N)=NCCC[C@H](N)C(=O)N1CCC[C@H]1C(=O)N[C@@H](CC(=O)O)C(=O)N[C@H](C(=O)C[C@H](Cc1ccccc1)C(=O)O)C(C)C. The van der Waals surface area contributed by atoms with Crippen LogP contribution in [-0.2, 0) is 40.0 Å². The highest BCUT2D eigenvalue weighted by Crippen LogP contribution is 2.20. The first-order valence-electron chi connectivity index (χ1n) is 15.9. The van der Waals surface area contributed by atoms with E-state index in [9.17, 15) is 43.8 Å². The lowest BCUT2D eigenvalue weighted by Gasteiger charge is -2.29. The van der Waals surface area contributed by atoms with Crippen molar-refractivity contribution >= 4 is 47.3 Å². The smallest absolute Gasteiger partial charge is 0.307 e. The Kier molecular flexibility index (Phi) is 15.6. The molecule has 0 aliphatic carbocycles. The number of carboxylic acids is 2. The van der Waals surface area contributed by atoms with E-state index >= 15 is 0 Å². The summed E-state index contributed by atoms with van der Waals surface area (Å²) < 4.78 is 0. The maximum Gasteiger partial charge on any atom is 0.307 e. The molecule has 16 heteroatoms. The Bertz CT molecular complexity index is 1350. The molecule has 1 aromatic carbocycles. The molecule has 16 nitrogen and oxygen atoms in total. The highest BCUT2D eigenvalue weighted by molar-refractivity contribution is 5.97. The van der Waals surface area contributed by atoms with Crippen LogP contribution in [-0.4, -0.2) is 99.7 Å². The van der Waals surface area contributed by atoms with Crippen molar-refractivity contribution in [2.24, 2.45) is 28.3 Å². The first kappa shape index (κ1) is 39.3. The van der Waals surface area contributed by atoms with E-state index in [1.807, 2.05) is 0 Å². The molecule has 264 valence electrons. The molecule has 1 fully saturated rings. The van der Waals surface area contributed by atoms with Gasteiger partial charge in [-0.3, -0.25) is 43.9 Å². The number of guanidine groups is 1. The van der Waals surface area contributed by atoms with E-state index in [0.29, 0.717) is 12.8 Å². The maximum atomic E-state index is 13.3. The van der Waals surface area contributed by atoms with E-state index < -0.39 is 77.9 Å². The third kappa shape index (κ3) is 12.7. The van der Waals surface area contributed by atoms with E-state index in [1.54, 1.807) is 44.2 Å². The van der Waals surface area contributed by atoms with Crippen LogP contribution in [0.15, 0.2) is 35.3 Å². The highest BCUT2D eigenvalue weighted by Gasteiger charge is 2.39. The number of nitrogens with zero attached hydrogens (tertiary/aromatic N) is 2. The number of aliphatic carboxylic acids is 2. The zero-order chi connectivity index (χ0) is 36.0. The van der Waals surface area contributed by atoms with E-state index in [-0.39, 0.29) is 50.6 Å². The fourth-order valence-electron chi connectivity index (χ4n) is 5.41. The molecule has 1 aliphatic heterocycles. The molecule has 2 rings (SSSR count). The molecule has 0 spiro atoms. The highest BCUT2D eigenvalue weighted by atomic mass is 16.4. The van der Waals surface area contributed by atoms with Crippen LogP contribution in [0.1, 0.15) is 64.9 Å². The lowest BCUT2D eigenvalue weighted by atomic mass is 9.89. The number of benzene rings is 1. The number of likely N-dealkylation sites (tertiary alicyclic amines) is 1. The van der Waals surface area contributed by atoms with Gasteiger partial charge in [-0.15, -0.1) is 0 Å². The minimum absolute atomic E-state index is 0.0600. The topological polar surface area (TPSA) is 264 Å². The number of ketones is 1. The Morgan fingerprint density at radius 1 is 1.02 bits per heavy atom. The molecule has 0 aromatic heterocycles. The number of carbonyl (C=O) groups excluding carboxylic acids is 5. The zero-order valence-electron chi connectivity index (χ0n) is 27.5. The van der Waals surface area contributed by atoms with Crippen LogP contribution in [0, 0.1) is 11.8 Å². The molecule has 0 radical (unpaired) electrons. The molecule has 1 aliphatic rings. The predicted octanol–water partition coefficient (Wildman–Crippen LogP) is -0.461. The van der Waals surface area contributed by atoms with Crippen LogP contribution in [0.5, 0.6) is 0 Å². The molecule has 0 unspecified atom stereocenters. The zero-order valence-corrected chi connectivity index (χ0v) is 27.5. The van der Waals surface area contributed by atoms with E-state index in [2.05, 4.69) is 20.9 Å². The summed E-state index contributed by atoms with van der Waals surface area (Å²) in [5.41, 5.74) is 12.4. The van der Waals surface area contributed by atoms with Gasteiger partial charge in [0.25, 0.3) is 0 Å². The molecule has 0 bridgehead atoms. The number of aliphatic imine (C=N–C) groups is 1. The molecular formula is C32H47N7O9. The van der Waals surface area contributed by atoms with Crippen molar-refractivity contribution in [3.8, 4) is 0 Å². The van der Waals surface area contributed by atoms with Crippen LogP contribution in [0.25, 0.3) is 0 Å². The number of carbonyl (C=O) groups is 7. The lowest BCUT2D eigenvalue weighted by Crippen LogP contribution is -2.57. The number of nitrogens with one attached hydrogen (secondary N) is 3. The Labute approximate surface area is 279 Å². The van der Waals surface area contributed by atoms with E-state index in [0.717, 1.165) is 5.56 Å². The number of Topliss-reactive ketones (excluding diaryl/α,β-unsaturated/α-hetero) is 1. The molecular weight excluding hydrogens is 626 g/mol. The second-order valence-electron chi connectivity index (χ2n) is 12.2. The monoisotopic (exact) mass is 673 g/mol. The quantitative estimate of drug-likeness (QED) is 0.0595. The molecule has 4 amide bonds. The summed E-state index contributed by atoms with van der Waals surface area (Å²) in [6, 6.07) is 4.09. The van der Waals surface area contributed by atoms with Gasteiger partial charge in [-0.2, -0.15) is 0 Å². The lowest BCUT2D eigenvalue weighted by molar-refractivity contribution is -0.145. The number of carboxylic acid groups (broad SMARTS) is 2. The summed E-state index contributed by atoms with van der Waals surface area (Å²) >= 11 is 0. The third-order valence-electron chi connectivity index (χ3n) is 7.86. The first-order valence-corrected chi connectivity index (χ1v) is 15.9. The Morgan fingerprint density at radius 3 is 2.27 bits per heavy atom. The van der Waals surface area contributed by atoms with E-state index in [4.69, 9.17) is 11.5 Å². The second-order valence-corrected chi connectivity index (χ2v) is 12.2. The number of hydrogen-bond donors (Lipinski definition) is 7. The van der Waals surface area contributed by atoms with Gasteiger partial charge in [-0.1, -0.05) is 44.2 Å². The number of nitrogens with two attached hydrogens (primary N) is 2. The summed E-state index contributed by atoms with van der Waals surface area (Å²) in [7, 11) is 0. The molecule has 0 saturated carbocycles. The van der Waals surface area contributed by atoms with E-state index in [1.165, 1.54) is 11.8 Å². The fourth-order valence-corrected chi connectivity index (χ4v) is 5.41. The van der Waals surface area contributed by atoms with Crippen LogP contribution < -0.4 is 27.4 Å². The van der Waals surface area contributed by atoms with Gasteiger partial charge in [0.1, 0.15) is 12.1 Å². The Hall–Kier alpha value is -4.86. The number of rotatable bonds is 18. The van der Waals surface area contributed by atoms with Crippen molar-refractivity contribution in [3.63, 3.8) is 0 Å². The van der Waals surface area contributed by atoms with Gasteiger partial charge < -0.3 is 37.2 Å². The minimum Gasteiger partial charge on any atom is -0.481 e. The van der Waals surface area contributed by atoms with Gasteiger partial charge in [0.05, 0.1) is 24.4 Å². The standard InChI is InChI=1S/C32H47N7O9/c1-18(2)27(25(41)16-21(31(47)48)15-20-9-5-4-6-10-20)38-28(44)23(17-26(42)43)37-29(45)24-12-8-14-39(24)30(46)22(33)11-7-13-35-32(34)36-19(3)40/h4-6,9-10,18,21-24,27H,7-8,11-17,33H2,1-3H3,(H,37,45)(H,38,44)(H,42,43)(H,47,48)(H3,34,35,36,40)/t21-,22-,23-,24-,27-/m0/s1. The summed E-state index contributed by atoms with van der Waals surface area (Å²) in [6.07, 6.45) is 0.231. The van der Waals surface area contributed by atoms with Gasteiger partial charge in [-0.05, 0) is 43.6 Å². The number of amides is 4. The molecule has 5 atom stereocenters. The average Bonchev–Trinajstić information content (AvgIpc) is 3.50. The van der Waals surface area contributed by atoms with Crippen LogP contribution in [0.4, 0.5) is 0 Å². The van der Waals surface area contributed by atoms with Gasteiger partial charge in [0.15, 0.2) is 11.7 Å². The van der Waals surface area contributed by atoms with Gasteiger partial charge in [-0.25, -0.2) is 0 Å². The minimum atomic E-state index is -1.58. The summed E-state index contributed by atoms with van der Waals surface area (Å²) in [5, 5.41) is 26.5. The van der Waals surface area contributed by atoms with Crippen molar-refractivity contribution in [1.29, 1.82) is 0 Å². The third-order valence-corrected chi connectivity index (χ3v) is 7.86. The molecule has 1 saturated heterocycles. The molecule has 1 aromatic rings. The average molecular weight is 674 g/mol. The molecule has 9 N–H and O–H groups in total. The van der Waals surface area contributed by atoms with Gasteiger partial charge in [0, 0.05) is 26.4 Å². The fraction of sp³-hybridized carbons (Fsp3) is 0.562. The second kappa shape index (κ2) is 19.1.